The van der Waals surface area contributed by atoms with Crippen molar-refractivity contribution in [1.82, 2.24) is 4.90 Å². The first-order valence-electron chi connectivity index (χ1n) is 6.38. The zero-order valence-electron chi connectivity index (χ0n) is 11.0. The van der Waals surface area contributed by atoms with Gasteiger partial charge in [-0.05, 0) is 39.3 Å². The van der Waals surface area contributed by atoms with E-state index in [1.165, 1.54) is 24.8 Å². The molecule has 0 bridgehead atoms. The molecule has 0 amide bonds. The van der Waals surface area contributed by atoms with Crippen LogP contribution < -0.4 is 0 Å². The molecule has 1 fully saturated rings. The molecule has 1 aromatic rings. The Kier molecular flexibility index (Phi) is 3.63. The molecule has 2 nitrogen and oxygen atoms in total. The number of benzene rings is 1. The number of rotatable bonds is 4. The minimum absolute atomic E-state index is 0.247. The van der Waals surface area contributed by atoms with Crippen molar-refractivity contribution < 1.29 is 4.79 Å². The van der Waals surface area contributed by atoms with Crippen molar-refractivity contribution in [2.45, 2.75) is 39.2 Å². The van der Waals surface area contributed by atoms with Crippen LogP contribution in [-0.4, -0.2) is 30.3 Å². The highest BCUT2D eigenvalue weighted by Gasteiger charge is 2.23. The van der Waals surface area contributed by atoms with Crippen molar-refractivity contribution in [1.29, 1.82) is 0 Å². The van der Waals surface area contributed by atoms with E-state index in [1.54, 1.807) is 0 Å². The van der Waals surface area contributed by atoms with Crippen LogP contribution in [0.25, 0.3) is 0 Å². The first-order valence-corrected chi connectivity index (χ1v) is 6.38. The van der Waals surface area contributed by atoms with E-state index < -0.39 is 0 Å². The monoisotopic (exact) mass is 231 g/mol. The number of aryl methyl sites for hydroxylation is 2. The number of hydrogen-bond acceptors (Lipinski definition) is 2. The van der Waals surface area contributed by atoms with Crippen LogP contribution in [0.3, 0.4) is 0 Å². The highest BCUT2D eigenvalue weighted by atomic mass is 16.1. The van der Waals surface area contributed by atoms with Gasteiger partial charge in [-0.3, -0.25) is 9.69 Å². The van der Waals surface area contributed by atoms with Crippen LogP contribution in [0.5, 0.6) is 0 Å². The van der Waals surface area contributed by atoms with Crippen LogP contribution in [0, 0.1) is 13.8 Å². The molecule has 0 aliphatic heterocycles. The molecule has 0 radical (unpaired) electrons. The summed E-state index contributed by atoms with van der Waals surface area (Å²) in [5.74, 6) is 0.247. The lowest BCUT2D eigenvalue weighted by molar-refractivity contribution is 0.0870. The molecule has 17 heavy (non-hydrogen) atoms. The molecule has 0 saturated heterocycles. The molecule has 1 aliphatic carbocycles. The summed E-state index contributed by atoms with van der Waals surface area (Å²) in [6.45, 7) is 4.62. The fraction of sp³-hybridized carbons (Fsp3) is 0.533. The average Bonchev–Trinajstić information content (AvgIpc) is 2.13. The average molecular weight is 231 g/mol. The Bertz CT molecular complexity index is 421. The molecule has 0 N–H and O–H groups in total. The predicted octanol–water partition coefficient (Wildman–Crippen LogP) is 2.97. The summed E-state index contributed by atoms with van der Waals surface area (Å²) < 4.78 is 0. The number of hydrogen-bond donors (Lipinski definition) is 0. The second-order valence-corrected chi connectivity index (χ2v) is 5.24. The zero-order valence-corrected chi connectivity index (χ0v) is 11.0. The minimum Gasteiger partial charge on any atom is -0.296 e. The van der Waals surface area contributed by atoms with Crippen LogP contribution in [0.1, 0.15) is 40.7 Å². The van der Waals surface area contributed by atoms with E-state index in [-0.39, 0.29) is 5.78 Å². The van der Waals surface area contributed by atoms with Gasteiger partial charge in [-0.25, -0.2) is 0 Å². The first-order chi connectivity index (χ1) is 8.08. The Morgan fingerprint density at radius 1 is 1.35 bits per heavy atom. The number of likely N-dealkylation sites (N-methyl/N-ethyl adjacent to an activating group) is 1. The predicted molar refractivity (Wildman–Crippen MR) is 70.5 cm³/mol. The van der Waals surface area contributed by atoms with Crippen molar-refractivity contribution in [2.24, 2.45) is 0 Å². The van der Waals surface area contributed by atoms with E-state index >= 15 is 0 Å². The van der Waals surface area contributed by atoms with Gasteiger partial charge in [0.15, 0.2) is 5.78 Å². The van der Waals surface area contributed by atoms with Gasteiger partial charge in [0.25, 0.3) is 0 Å². The largest absolute Gasteiger partial charge is 0.296 e. The lowest BCUT2D eigenvalue weighted by Gasteiger charge is -2.34. The molecular weight excluding hydrogens is 210 g/mol. The molecule has 92 valence electrons. The Balaban J connectivity index is 2.03. The van der Waals surface area contributed by atoms with Gasteiger partial charge in [0, 0.05) is 11.6 Å². The van der Waals surface area contributed by atoms with Gasteiger partial charge < -0.3 is 0 Å². The van der Waals surface area contributed by atoms with E-state index in [4.69, 9.17) is 0 Å². The molecule has 0 aromatic heterocycles. The molecule has 0 spiro atoms. The van der Waals surface area contributed by atoms with Gasteiger partial charge in [-0.2, -0.15) is 0 Å². The highest BCUT2D eigenvalue weighted by molar-refractivity contribution is 5.98. The van der Waals surface area contributed by atoms with Crippen LogP contribution >= 0.6 is 0 Å². The summed E-state index contributed by atoms with van der Waals surface area (Å²) in [5, 5.41) is 0. The number of nitrogens with zero attached hydrogens (tertiary/aromatic N) is 1. The summed E-state index contributed by atoms with van der Waals surface area (Å²) >= 11 is 0. The lowest BCUT2D eigenvalue weighted by Crippen LogP contribution is -2.40. The van der Waals surface area contributed by atoms with Crippen LogP contribution in [0.15, 0.2) is 18.2 Å². The maximum Gasteiger partial charge on any atom is 0.177 e. The lowest BCUT2D eigenvalue weighted by atomic mass is 9.91. The normalized spacial score (nSPS) is 16.0. The third-order valence-corrected chi connectivity index (χ3v) is 3.77. The Morgan fingerprint density at radius 3 is 2.59 bits per heavy atom. The van der Waals surface area contributed by atoms with Crippen molar-refractivity contribution in [3.8, 4) is 0 Å². The minimum atomic E-state index is 0.247. The first kappa shape index (κ1) is 12.3. The zero-order chi connectivity index (χ0) is 12.4. The highest BCUT2D eigenvalue weighted by Crippen LogP contribution is 2.23. The fourth-order valence-corrected chi connectivity index (χ4v) is 2.39. The van der Waals surface area contributed by atoms with E-state index in [1.807, 2.05) is 19.1 Å². The van der Waals surface area contributed by atoms with Crippen LogP contribution in [0.2, 0.25) is 0 Å². The number of ketones is 1. The van der Waals surface area contributed by atoms with Gasteiger partial charge >= 0.3 is 0 Å². The van der Waals surface area contributed by atoms with Crippen molar-refractivity contribution >= 4 is 5.78 Å². The van der Waals surface area contributed by atoms with Gasteiger partial charge in [-0.15, -0.1) is 0 Å². The summed E-state index contributed by atoms with van der Waals surface area (Å²) in [6, 6.07) is 6.69. The molecule has 1 saturated carbocycles. The second kappa shape index (κ2) is 5.01. The molecular formula is C15H21NO. The van der Waals surface area contributed by atoms with Gasteiger partial charge in [0.1, 0.15) is 0 Å². The number of carbonyl (C=O) groups excluding carboxylic acids is 1. The van der Waals surface area contributed by atoms with E-state index in [2.05, 4.69) is 24.9 Å². The summed E-state index contributed by atoms with van der Waals surface area (Å²) in [6.07, 6.45) is 3.81. The second-order valence-electron chi connectivity index (χ2n) is 5.24. The van der Waals surface area contributed by atoms with Gasteiger partial charge in [0.2, 0.25) is 0 Å². The standard InChI is InChI=1S/C15H21NO/c1-11-7-8-14(12(2)9-11)15(17)10-16(3)13-5-4-6-13/h7-9,13H,4-6,10H2,1-3H3. The maximum atomic E-state index is 12.2. The summed E-state index contributed by atoms with van der Waals surface area (Å²) in [4.78, 5) is 14.4. The van der Waals surface area contributed by atoms with Crippen LogP contribution in [0.4, 0.5) is 0 Å². The molecule has 1 aliphatic rings. The maximum absolute atomic E-state index is 12.2. The molecule has 1 aromatic carbocycles. The molecule has 0 heterocycles. The number of carbonyl (C=O) groups is 1. The molecule has 0 atom stereocenters. The molecule has 2 rings (SSSR count). The van der Waals surface area contributed by atoms with Crippen molar-refractivity contribution in [3.05, 3.63) is 34.9 Å². The Morgan fingerprint density at radius 2 is 2.06 bits per heavy atom. The fourth-order valence-electron chi connectivity index (χ4n) is 2.39. The Hall–Kier alpha value is -1.15. The molecule has 2 heteroatoms. The Labute approximate surface area is 104 Å². The van der Waals surface area contributed by atoms with Crippen molar-refractivity contribution in [2.75, 3.05) is 13.6 Å². The SMILES string of the molecule is Cc1ccc(C(=O)CN(C)C2CCC2)c(C)c1. The third-order valence-electron chi connectivity index (χ3n) is 3.77. The molecule has 0 unspecified atom stereocenters. The van der Waals surface area contributed by atoms with E-state index in [0.29, 0.717) is 12.6 Å². The smallest absolute Gasteiger partial charge is 0.177 e. The van der Waals surface area contributed by atoms with Gasteiger partial charge in [-0.1, -0.05) is 30.2 Å². The van der Waals surface area contributed by atoms with E-state index in [0.717, 1.165) is 11.1 Å². The quantitative estimate of drug-likeness (QED) is 0.742. The summed E-state index contributed by atoms with van der Waals surface area (Å²) in [5.41, 5.74) is 3.19. The van der Waals surface area contributed by atoms with E-state index in [9.17, 15) is 4.79 Å². The van der Waals surface area contributed by atoms with Crippen molar-refractivity contribution in [3.63, 3.8) is 0 Å². The third kappa shape index (κ3) is 2.75. The van der Waals surface area contributed by atoms with Gasteiger partial charge in [0.05, 0.1) is 6.54 Å². The number of Topliss-reactive ketones (excluding diaryl/α,β-unsaturated/α-hetero) is 1. The summed E-state index contributed by atoms with van der Waals surface area (Å²) in [7, 11) is 2.06. The van der Waals surface area contributed by atoms with Crippen LogP contribution in [-0.2, 0) is 0 Å². The topological polar surface area (TPSA) is 20.3 Å².